The summed E-state index contributed by atoms with van der Waals surface area (Å²) in [5.74, 6) is 1.33. The van der Waals surface area contributed by atoms with E-state index in [1.807, 2.05) is 0 Å². The molecule has 0 aromatic carbocycles. The smallest absolute Gasteiger partial charge is 0.305 e. The Bertz CT molecular complexity index is 457. The molecule has 0 aliphatic carbocycles. The van der Waals surface area contributed by atoms with Crippen molar-refractivity contribution in [3.05, 3.63) is 0 Å². The Morgan fingerprint density at radius 2 is 1.45 bits per heavy atom. The van der Waals surface area contributed by atoms with E-state index in [4.69, 9.17) is 9.47 Å². The van der Waals surface area contributed by atoms with Gasteiger partial charge >= 0.3 is 11.9 Å². The molecule has 182 valence electrons. The van der Waals surface area contributed by atoms with Crippen LogP contribution < -0.4 is 0 Å². The van der Waals surface area contributed by atoms with E-state index in [9.17, 15) is 9.59 Å². The summed E-state index contributed by atoms with van der Waals surface area (Å²) in [5.41, 5.74) is 0. The summed E-state index contributed by atoms with van der Waals surface area (Å²) in [7, 11) is 1.60. The molecule has 0 bridgehead atoms. The number of piperidine rings is 1. The number of rotatable bonds is 19. The van der Waals surface area contributed by atoms with E-state index in [2.05, 4.69) is 23.5 Å². The van der Waals surface area contributed by atoms with Crippen molar-refractivity contribution in [1.29, 1.82) is 0 Å². The molecule has 1 heterocycles. The van der Waals surface area contributed by atoms with Gasteiger partial charge in [-0.15, -0.1) is 11.7 Å². The minimum Gasteiger partial charge on any atom is -0.466 e. The Morgan fingerprint density at radius 1 is 0.871 bits per heavy atom. The van der Waals surface area contributed by atoms with Crippen molar-refractivity contribution in [2.45, 2.75) is 96.8 Å². The van der Waals surface area contributed by atoms with E-state index in [0.29, 0.717) is 38.4 Å². The van der Waals surface area contributed by atoms with Crippen LogP contribution in [-0.4, -0.2) is 55.4 Å². The zero-order valence-electron chi connectivity index (χ0n) is 19.7. The summed E-state index contributed by atoms with van der Waals surface area (Å²) in [6, 6.07) is 0. The summed E-state index contributed by atoms with van der Waals surface area (Å²) in [6.07, 6.45) is 14.3. The molecule has 0 aromatic heterocycles. The van der Waals surface area contributed by atoms with Crippen LogP contribution in [0.5, 0.6) is 0 Å². The summed E-state index contributed by atoms with van der Waals surface area (Å²) < 4.78 is 10.6. The number of ether oxygens (including phenoxy) is 2. The standard InChI is InChI=1S/C24H45NO4S2/c1-2-3-4-5-6-7-8-9-19-28-23(26)11-10-12-24(27)29-20-15-22-13-16-25(17-14-22)18-21-31-30/h22,30H,2-21H2,1H3. The van der Waals surface area contributed by atoms with Crippen LogP contribution in [0.2, 0.25) is 0 Å². The van der Waals surface area contributed by atoms with Crippen molar-refractivity contribution < 1.29 is 19.1 Å². The minimum absolute atomic E-state index is 0.195. The van der Waals surface area contributed by atoms with E-state index in [1.54, 1.807) is 10.8 Å². The van der Waals surface area contributed by atoms with Gasteiger partial charge in [-0.1, -0.05) is 62.7 Å². The topological polar surface area (TPSA) is 55.8 Å². The molecule has 0 radical (unpaired) electrons. The second kappa shape index (κ2) is 20.2. The number of likely N-dealkylation sites (tertiary alicyclic amines) is 1. The van der Waals surface area contributed by atoms with Gasteiger partial charge in [0.15, 0.2) is 0 Å². The number of carbonyl (C=O) groups excluding carboxylic acids is 2. The van der Waals surface area contributed by atoms with Crippen molar-refractivity contribution in [3.63, 3.8) is 0 Å². The highest BCUT2D eigenvalue weighted by molar-refractivity contribution is 8.68. The van der Waals surface area contributed by atoms with Crippen LogP contribution in [0.15, 0.2) is 0 Å². The lowest BCUT2D eigenvalue weighted by molar-refractivity contribution is -0.145. The van der Waals surface area contributed by atoms with E-state index >= 15 is 0 Å². The molecule has 0 N–H and O–H groups in total. The lowest BCUT2D eigenvalue weighted by Gasteiger charge is -2.31. The van der Waals surface area contributed by atoms with Crippen LogP contribution in [0.4, 0.5) is 0 Å². The van der Waals surface area contributed by atoms with E-state index in [1.165, 1.54) is 51.4 Å². The molecule has 0 aromatic rings. The molecule has 0 saturated carbocycles. The quantitative estimate of drug-likeness (QED) is 0.106. The normalized spacial score (nSPS) is 15.2. The molecule has 1 aliphatic rings. The fraction of sp³-hybridized carbons (Fsp3) is 0.917. The Kier molecular flexibility index (Phi) is 18.7. The number of hydrogen-bond acceptors (Lipinski definition) is 7. The number of hydrogen-bond donors (Lipinski definition) is 1. The maximum atomic E-state index is 11.9. The number of thiol groups is 1. The average Bonchev–Trinajstić information content (AvgIpc) is 2.77. The highest BCUT2D eigenvalue weighted by atomic mass is 33.1. The van der Waals surface area contributed by atoms with Crippen molar-refractivity contribution in [1.82, 2.24) is 4.90 Å². The van der Waals surface area contributed by atoms with Gasteiger partial charge in [-0.2, -0.15) is 0 Å². The van der Waals surface area contributed by atoms with Gasteiger partial charge in [0.2, 0.25) is 0 Å². The minimum atomic E-state index is -0.196. The van der Waals surface area contributed by atoms with Crippen molar-refractivity contribution in [3.8, 4) is 0 Å². The first-order valence-electron chi connectivity index (χ1n) is 12.5. The van der Waals surface area contributed by atoms with E-state index < -0.39 is 0 Å². The SMILES string of the molecule is CCCCCCCCCCOC(=O)CCCC(=O)OCCC1CCN(CCSS)CC1. The Labute approximate surface area is 199 Å². The number of nitrogens with zero attached hydrogens (tertiary/aromatic N) is 1. The largest absolute Gasteiger partial charge is 0.466 e. The summed E-state index contributed by atoms with van der Waals surface area (Å²) in [6.45, 7) is 6.61. The van der Waals surface area contributed by atoms with Crippen LogP contribution in [0, 0.1) is 5.92 Å². The summed E-state index contributed by atoms with van der Waals surface area (Å²) in [5, 5.41) is 0. The molecule has 1 aliphatic heterocycles. The lowest BCUT2D eigenvalue weighted by atomic mass is 9.94. The maximum Gasteiger partial charge on any atom is 0.305 e. The third-order valence-electron chi connectivity index (χ3n) is 6.02. The van der Waals surface area contributed by atoms with E-state index in [0.717, 1.165) is 44.6 Å². The van der Waals surface area contributed by atoms with Gasteiger partial charge in [0.1, 0.15) is 0 Å². The van der Waals surface area contributed by atoms with Crippen molar-refractivity contribution in [2.24, 2.45) is 5.92 Å². The lowest BCUT2D eigenvalue weighted by Crippen LogP contribution is -2.35. The van der Waals surface area contributed by atoms with Gasteiger partial charge in [0.05, 0.1) is 13.2 Å². The second-order valence-electron chi connectivity index (χ2n) is 8.68. The Balaban J connectivity index is 1.89. The van der Waals surface area contributed by atoms with Gasteiger partial charge in [-0.05, 0) is 51.1 Å². The van der Waals surface area contributed by atoms with Crippen LogP contribution in [-0.2, 0) is 19.1 Å². The van der Waals surface area contributed by atoms with Crippen LogP contribution >= 0.6 is 22.5 Å². The Hall–Kier alpha value is -0.400. The average molecular weight is 476 g/mol. The zero-order chi connectivity index (χ0) is 22.6. The highest BCUT2D eigenvalue weighted by Gasteiger charge is 2.19. The molecule has 0 spiro atoms. The molecule has 0 amide bonds. The molecule has 5 nitrogen and oxygen atoms in total. The summed E-state index contributed by atoms with van der Waals surface area (Å²) in [4.78, 5) is 26.1. The third-order valence-corrected chi connectivity index (χ3v) is 6.93. The first-order chi connectivity index (χ1) is 15.2. The first-order valence-corrected chi connectivity index (χ1v) is 14.5. The first kappa shape index (κ1) is 28.6. The fourth-order valence-corrected chi connectivity index (χ4v) is 4.54. The van der Waals surface area contributed by atoms with Crippen molar-refractivity contribution >= 4 is 34.4 Å². The van der Waals surface area contributed by atoms with Crippen LogP contribution in [0.1, 0.15) is 96.8 Å². The molecule has 0 unspecified atom stereocenters. The molecule has 1 fully saturated rings. The molecular weight excluding hydrogens is 430 g/mol. The van der Waals surface area contributed by atoms with Gasteiger partial charge in [0, 0.05) is 25.1 Å². The second-order valence-corrected chi connectivity index (χ2v) is 10.1. The van der Waals surface area contributed by atoms with Gasteiger partial charge < -0.3 is 14.4 Å². The van der Waals surface area contributed by atoms with Gasteiger partial charge in [-0.25, -0.2) is 0 Å². The highest BCUT2D eigenvalue weighted by Crippen LogP contribution is 2.21. The van der Waals surface area contributed by atoms with E-state index in [-0.39, 0.29) is 11.9 Å². The molecule has 1 saturated heterocycles. The number of unbranched alkanes of at least 4 members (excludes halogenated alkanes) is 7. The number of carbonyl (C=O) groups is 2. The number of esters is 2. The van der Waals surface area contributed by atoms with Crippen LogP contribution in [0.3, 0.4) is 0 Å². The predicted octanol–water partition coefficient (Wildman–Crippen LogP) is 6.06. The summed E-state index contributed by atoms with van der Waals surface area (Å²) >= 11 is 4.19. The van der Waals surface area contributed by atoms with Crippen LogP contribution in [0.25, 0.3) is 0 Å². The zero-order valence-corrected chi connectivity index (χ0v) is 21.4. The van der Waals surface area contributed by atoms with Crippen molar-refractivity contribution in [2.75, 3.05) is 38.6 Å². The maximum absolute atomic E-state index is 11.9. The predicted molar refractivity (Wildman–Crippen MR) is 134 cm³/mol. The monoisotopic (exact) mass is 475 g/mol. The van der Waals surface area contributed by atoms with Gasteiger partial charge in [0.25, 0.3) is 0 Å². The molecule has 7 heteroatoms. The Morgan fingerprint density at radius 3 is 2.06 bits per heavy atom. The molecule has 0 atom stereocenters. The third kappa shape index (κ3) is 16.8. The molecule has 31 heavy (non-hydrogen) atoms. The molecule has 1 rings (SSSR count). The van der Waals surface area contributed by atoms with Gasteiger partial charge in [-0.3, -0.25) is 9.59 Å². The fourth-order valence-electron chi connectivity index (χ4n) is 3.95. The molecular formula is C24H45NO4S2.